The third-order valence-corrected chi connectivity index (χ3v) is 5.08. The van der Waals surface area contributed by atoms with Crippen molar-refractivity contribution in [2.45, 2.75) is 44.3 Å². The molecule has 0 aliphatic heterocycles. The highest BCUT2D eigenvalue weighted by molar-refractivity contribution is 7.15. The van der Waals surface area contributed by atoms with Crippen molar-refractivity contribution in [3.63, 3.8) is 0 Å². The predicted octanol–water partition coefficient (Wildman–Crippen LogP) is 3.47. The third kappa shape index (κ3) is 5.03. The van der Waals surface area contributed by atoms with Crippen molar-refractivity contribution in [1.82, 2.24) is 15.5 Å². The van der Waals surface area contributed by atoms with Crippen LogP contribution >= 0.6 is 11.3 Å². The molecule has 3 rings (SSSR count). The number of nitrogens with zero attached hydrogens (tertiary/aromatic N) is 2. The first kappa shape index (κ1) is 19.3. The maximum Gasteiger partial charge on any atom is 0.445 e. The van der Waals surface area contributed by atoms with Crippen LogP contribution in [-0.2, 0) is 22.2 Å². The van der Waals surface area contributed by atoms with E-state index in [-0.39, 0.29) is 41.3 Å². The second kappa shape index (κ2) is 8.03. The molecule has 0 radical (unpaired) electrons. The Kier molecular flexibility index (Phi) is 5.73. The largest absolute Gasteiger partial charge is 0.445 e. The number of nitrogens with one attached hydrogen (secondary N) is 2. The van der Waals surface area contributed by atoms with E-state index in [0.29, 0.717) is 0 Å². The number of carbonyl (C=O) groups excluding carboxylic acids is 2. The van der Waals surface area contributed by atoms with E-state index in [0.717, 1.165) is 24.8 Å². The van der Waals surface area contributed by atoms with Crippen LogP contribution in [-0.4, -0.2) is 22.0 Å². The molecule has 10 heteroatoms. The SMILES string of the molecule is O=C(CCC(=O)N[C@@H]1CCCc2ccccc21)Nc1nnc(C(F)(F)F)s1. The Labute approximate surface area is 157 Å². The van der Waals surface area contributed by atoms with E-state index in [9.17, 15) is 22.8 Å². The Hall–Kier alpha value is -2.49. The topological polar surface area (TPSA) is 84.0 Å². The molecule has 2 aromatic rings. The average molecular weight is 398 g/mol. The molecule has 1 aromatic heterocycles. The molecule has 0 bridgehead atoms. The molecule has 1 heterocycles. The second-order valence-corrected chi connectivity index (χ2v) is 7.15. The lowest BCUT2D eigenvalue weighted by Gasteiger charge is -2.26. The summed E-state index contributed by atoms with van der Waals surface area (Å²) in [6.45, 7) is 0. The number of alkyl halides is 3. The summed E-state index contributed by atoms with van der Waals surface area (Å²) >= 11 is 0.243. The van der Waals surface area contributed by atoms with Gasteiger partial charge in [0.1, 0.15) is 0 Å². The lowest BCUT2D eigenvalue weighted by Crippen LogP contribution is -2.31. The van der Waals surface area contributed by atoms with Gasteiger partial charge >= 0.3 is 6.18 Å². The molecule has 0 unspecified atom stereocenters. The van der Waals surface area contributed by atoms with Gasteiger partial charge in [0.2, 0.25) is 22.0 Å². The summed E-state index contributed by atoms with van der Waals surface area (Å²) in [4.78, 5) is 24.0. The van der Waals surface area contributed by atoms with Crippen molar-refractivity contribution in [3.05, 3.63) is 40.4 Å². The second-order valence-electron chi connectivity index (χ2n) is 6.17. The molecule has 144 valence electrons. The van der Waals surface area contributed by atoms with Crippen molar-refractivity contribution in [2.75, 3.05) is 5.32 Å². The molecule has 2 N–H and O–H groups in total. The molecule has 27 heavy (non-hydrogen) atoms. The van der Waals surface area contributed by atoms with E-state index in [1.165, 1.54) is 5.56 Å². The fraction of sp³-hybridized carbons (Fsp3) is 0.412. The molecular weight excluding hydrogens is 381 g/mol. The maximum absolute atomic E-state index is 12.5. The summed E-state index contributed by atoms with van der Waals surface area (Å²) in [5.41, 5.74) is 2.30. The predicted molar refractivity (Wildman–Crippen MR) is 93.0 cm³/mol. The Balaban J connectivity index is 1.48. The van der Waals surface area contributed by atoms with Crippen LogP contribution in [0.1, 0.15) is 47.9 Å². The number of anilines is 1. The minimum atomic E-state index is -4.60. The minimum Gasteiger partial charge on any atom is -0.349 e. The third-order valence-electron chi connectivity index (χ3n) is 4.20. The number of carbonyl (C=O) groups is 2. The van der Waals surface area contributed by atoms with Gasteiger partial charge in [-0.2, -0.15) is 13.2 Å². The summed E-state index contributed by atoms with van der Waals surface area (Å²) < 4.78 is 37.4. The summed E-state index contributed by atoms with van der Waals surface area (Å²) in [6.07, 6.45) is -2.03. The Morgan fingerprint density at radius 3 is 2.63 bits per heavy atom. The van der Waals surface area contributed by atoms with Gasteiger partial charge in [0.15, 0.2) is 0 Å². The summed E-state index contributed by atoms with van der Waals surface area (Å²) in [6, 6.07) is 7.83. The molecule has 1 aliphatic rings. The monoisotopic (exact) mass is 398 g/mol. The number of hydrogen-bond acceptors (Lipinski definition) is 5. The molecule has 0 saturated carbocycles. The fourth-order valence-corrected chi connectivity index (χ4v) is 3.59. The standard InChI is InChI=1S/C17H17F3N4O2S/c18-17(19,20)15-23-24-16(27-15)22-14(26)9-8-13(25)21-12-7-3-5-10-4-1-2-6-11(10)12/h1-2,4,6,12H,3,5,7-9H2,(H,21,25)(H,22,24,26)/t12-/m1/s1. The number of benzene rings is 1. The van der Waals surface area contributed by atoms with Crippen LogP contribution in [0, 0.1) is 0 Å². The van der Waals surface area contributed by atoms with Gasteiger partial charge in [-0.1, -0.05) is 35.6 Å². The molecule has 2 amide bonds. The molecule has 1 atom stereocenters. The Bertz CT molecular complexity index is 838. The van der Waals surface area contributed by atoms with E-state index in [4.69, 9.17) is 0 Å². The highest BCUT2D eigenvalue weighted by Crippen LogP contribution is 2.33. The average Bonchev–Trinajstić information content (AvgIpc) is 3.09. The molecule has 1 aromatic carbocycles. The highest BCUT2D eigenvalue weighted by Gasteiger charge is 2.35. The van der Waals surface area contributed by atoms with Gasteiger partial charge in [0, 0.05) is 12.8 Å². The summed E-state index contributed by atoms with van der Waals surface area (Å²) in [5, 5.41) is 10.1. The lowest BCUT2D eigenvalue weighted by molar-refractivity contribution is -0.138. The van der Waals surface area contributed by atoms with Gasteiger partial charge in [0.05, 0.1) is 6.04 Å². The van der Waals surface area contributed by atoms with E-state index in [1.807, 2.05) is 24.3 Å². The number of hydrogen-bond donors (Lipinski definition) is 2. The van der Waals surface area contributed by atoms with Crippen LogP contribution < -0.4 is 10.6 Å². The van der Waals surface area contributed by atoms with Gasteiger partial charge < -0.3 is 10.6 Å². The zero-order valence-corrected chi connectivity index (χ0v) is 15.0. The van der Waals surface area contributed by atoms with E-state index in [1.54, 1.807) is 0 Å². The van der Waals surface area contributed by atoms with E-state index < -0.39 is 17.1 Å². The Morgan fingerprint density at radius 1 is 1.15 bits per heavy atom. The van der Waals surface area contributed by atoms with Crippen molar-refractivity contribution >= 4 is 28.3 Å². The van der Waals surface area contributed by atoms with Crippen LogP contribution in [0.2, 0.25) is 0 Å². The van der Waals surface area contributed by atoms with Crippen LogP contribution in [0.15, 0.2) is 24.3 Å². The first-order valence-electron chi connectivity index (χ1n) is 8.40. The zero-order chi connectivity index (χ0) is 19.4. The smallest absolute Gasteiger partial charge is 0.349 e. The quantitative estimate of drug-likeness (QED) is 0.808. The van der Waals surface area contributed by atoms with Gasteiger partial charge in [-0.3, -0.25) is 9.59 Å². The number of aryl methyl sites for hydroxylation is 1. The van der Waals surface area contributed by atoms with Crippen molar-refractivity contribution in [1.29, 1.82) is 0 Å². The molecule has 0 fully saturated rings. The number of aromatic nitrogens is 2. The lowest BCUT2D eigenvalue weighted by atomic mass is 9.87. The fourth-order valence-electron chi connectivity index (χ4n) is 2.97. The van der Waals surface area contributed by atoms with Gasteiger partial charge in [0.25, 0.3) is 0 Å². The van der Waals surface area contributed by atoms with Gasteiger partial charge in [-0.05, 0) is 30.4 Å². The van der Waals surface area contributed by atoms with Gasteiger partial charge in [-0.15, -0.1) is 10.2 Å². The van der Waals surface area contributed by atoms with Crippen LogP contribution in [0.5, 0.6) is 0 Å². The Morgan fingerprint density at radius 2 is 1.89 bits per heavy atom. The zero-order valence-electron chi connectivity index (χ0n) is 14.2. The van der Waals surface area contributed by atoms with Crippen molar-refractivity contribution < 1.29 is 22.8 Å². The van der Waals surface area contributed by atoms with Gasteiger partial charge in [-0.25, -0.2) is 0 Å². The number of rotatable bonds is 5. The number of fused-ring (bicyclic) bond motifs is 1. The highest BCUT2D eigenvalue weighted by atomic mass is 32.1. The number of halogens is 3. The van der Waals surface area contributed by atoms with E-state index >= 15 is 0 Å². The first-order chi connectivity index (χ1) is 12.8. The summed E-state index contributed by atoms with van der Waals surface area (Å²) in [7, 11) is 0. The minimum absolute atomic E-state index is 0.0601. The maximum atomic E-state index is 12.5. The molecular formula is C17H17F3N4O2S. The molecule has 1 aliphatic carbocycles. The van der Waals surface area contributed by atoms with Crippen molar-refractivity contribution in [3.8, 4) is 0 Å². The first-order valence-corrected chi connectivity index (χ1v) is 9.22. The molecule has 0 spiro atoms. The van der Waals surface area contributed by atoms with Crippen LogP contribution in [0.25, 0.3) is 0 Å². The summed E-state index contributed by atoms with van der Waals surface area (Å²) in [5.74, 6) is -0.862. The normalized spacial score (nSPS) is 16.5. The number of amides is 2. The van der Waals surface area contributed by atoms with E-state index in [2.05, 4.69) is 20.8 Å². The van der Waals surface area contributed by atoms with Crippen molar-refractivity contribution in [2.24, 2.45) is 0 Å². The van der Waals surface area contributed by atoms with Crippen LogP contribution in [0.3, 0.4) is 0 Å². The van der Waals surface area contributed by atoms with Crippen LogP contribution in [0.4, 0.5) is 18.3 Å². The molecule has 6 nitrogen and oxygen atoms in total. The molecule has 0 saturated heterocycles.